The fraction of sp³-hybridized carbons (Fsp3) is 0.333. The maximum Gasteiger partial charge on any atom is 0.117 e. The lowest BCUT2D eigenvalue weighted by Crippen LogP contribution is -2.15. The van der Waals surface area contributed by atoms with Gasteiger partial charge in [-0.2, -0.15) is 0 Å². The van der Waals surface area contributed by atoms with Gasteiger partial charge in [-0.3, -0.25) is 0 Å². The lowest BCUT2D eigenvalue weighted by molar-refractivity contribution is 0.463. The van der Waals surface area contributed by atoms with Crippen LogP contribution in [0.15, 0.2) is 28.7 Å². The molecular weight excluding hydrogens is 277 g/mol. The normalized spacial score (nSPS) is 10.2. The van der Waals surface area contributed by atoms with Gasteiger partial charge >= 0.3 is 0 Å². The molecule has 2 aromatic heterocycles. The molecule has 0 aliphatic heterocycles. The summed E-state index contributed by atoms with van der Waals surface area (Å²) in [4.78, 5) is 1.31. The van der Waals surface area contributed by atoms with Crippen LogP contribution in [0.3, 0.4) is 0 Å². The van der Waals surface area contributed by atoms with Crippen molar-refractivity contribution in [1.82, 2.24) is 5.32 Å². The molecule has 5 heteroatoms. The maximum absolute atomic E-state index is 5.85. The number of halogens is 2. The summed E-state index contributed by atoms with van der Waals surface area (Å²) in [5.41, 5.74) is 0. The van der Waals surface area contributed by atoms with E-state index in [1.54, 1.807) is 11.3 Å². The van der Waals surface area contributed by atoms with Crippen LogP contribution in [0.5, 0.6) is 0 Å². The Morgan fingerprint density at radius 2 is 2.12 bits per heavy atom. The average Bonchev–Trinajstić information content (AvgIpc) is 2.83. The number of rotatable bonds is 5. The Morgan fingerprint density at radius 3 is 2.71 bits per heavy atom. The molecule has 0 aliphatic carbocycles. The Kier molecular flexibility index (Phi) is 6.06. The van der Waals surface area contributed by atoms with Gasteiger partial charge in [0.05, 0.1) is 10.9 Å². The van der Waals surface area contributed by atoms with E-state index in [0.29, 0.717) is 0 Å². The first-order valence-corrected chi connectivity index (χ1v) is 6.44. The van der Waals surface area contributed by atoms with Gasteiger partial charge in [0, 0.05) is 11.4 Å². The molecule has 1 N–H and O–H groups in total. The number of hydrogen-bond donors (Lipinski definition) is 1. The third kappa shape index (κ3) is 4.72. The van der Waals surface area contributed by atoms with Crippen molar-refractivity contribution in [2.75, 3.05) is 6.54 Å². The van der Waals surface area contributed by atoms with Crippen LogP contribution in [-0.4, -0.2) is 6.54 Å². The summed E-state index contributed by atoms with van der Waals surface area (Å²) in [7, 11) is 0. The zero-order valence-electron chi connectivity index (χ0n) is 9.53. The summed E-state index contributed by atoms with van der Waals surface area (Å²) in [6.45, 7) is 3.68. The van der Waals surface area contributed by atoms with E-state index in [4.69, 9.17) is 16.0 Å². The van der Waals surface area contributed by atoms with Crippen LogP contribution in [0.1, 0.15) is 16.4 Å². The average molecular weight is 292 g/mol. The smallest absolute Gasteiger partial charge is 0.117 e. The van der Waals surface area contributed by atoms with Crippen LogP contribution in [0, 0.1) is 6.92 Å². The minimum atomic E-state index is 0. The highest BCUT2D eigenvalue weighted by atomic mass is 35.5. The number of thiophene rings is 1. The van der Waals surface area contributed by atoms with Crippen molar-refractivity contribution in [3.8, 4) is 0 Å². The van der Waals surface area contributed by atoms with Gasteiger partial charge in [0.25, 0.3) is 0 Å². The molecule has 0 atom stereocenters. The van der Waals surface area contributed by atoms with Crippen molar-refractivity contribution in [2.24, 2.45) is 0 Å². The van der Waals surface area contributed by atoms with Crippen molar-refractivity contribution in [1.29, 1.82) is 0 Å². The van der Waals surface area contributed by atoms with Gasteiger partial charge < -0.3 is 9.73 Å². The predicted octanol–water partition coefficient (Wildman–Crippen LogP) is 4.06. The molecule has 0 aromatic carbocycles. The third-order valence-corrected chi connectivity index (χ3v) is 3.56. The number of aryl methyl sites for hydroxylation is 1. The molecule has 0 unspecified atom stereocenters. The first-order valence-electron chi connectivity index (χ1n) is 5.24. The van der Waals surface area contributed by atoms with E-state index < -0.39 is 0 Å². The second kappa shape index (κ2) is 7.07. The van der Waals surface area contributed by atoms with Crippen molar-refractivity contribution >= 4 is 35.3 Å². The maximum atomic E-state index is 5.85. The van der Waals surface area contributed by atoms with Crippen LogP contribution in [0.2, 0.25) is 4.34 Å². The Labute approximate surface area is 116 Å². The van der Waals surface area contributed by atoms with Crippen LogP contribution < -0.4 is 5.32 Å². The first-order chi connectivity index (χ1) is 7.74. The van der Waals surface area contributed by atoms with Gasteiger partial charge in [-0.1, -0.05) is 11.6 Å². The van der Waals surface area contributed by atoms with Crippen LogP contribution >= 0.6 is 35.3 Å². The first kappa shape index (κ1) is 14.6. The van der Waals surface area contributed by atoms with Gasteiger partial charge in [-0.05, 0) is 37.6 Å². The predicted molar refractivity (Wildman–Crippen MR) is 75.4 cm³/mol. The standard InChI is InChI=1S/C12H14ClNOS.ClH/c1-9-2-3-10(15-9)8-14-7-6-11-4-5-12(13)16-11;/h2-5,14H,6-8H2,1H3;1H. The van der Waals surface area contributed by atoms with Gasteiger partial charge in [0.15, 0.2) is 0 Å². The van der Waals surface area contributed by atoms with E-state index in [0.717, 1.165) is 35.4 Å². The minimum Gasteiger partial charge on any atom is -0.465 e. The SMILES string of the molecule is Cc1ccc(CNCCc2ccc(Cl)s2)o1.Cl. The molecule has 94 valence electrons. The molecule has 0 saturated heterocycles. The van der Waals surface area contributed by atoms with E-state index in [1.165, 1.54) is 4.88 Å². The van der Waals surface area contributed by atoms with Gasteiger partial charge in [-0.25, -0.2) is 0 Å². The number of hydrogen-bond acceptors (Lipinski definition) is 3. The molecule has 0 amide bonds. The molecule has 0 fully saturated rings. The molecule has 0 bridgehead atoms. The Balaban J connectivity index is 0.00000144. The van der Waals surface area contributed by atoms with Crippen molar-refractivity contribution < 1.29 is 4.42 Å². The Morgan fingerprint density at radius 1 is 1.29 bits per heavy atom. The van der Waals surface area contributed by atoms with E-state index in [9.17, 15) is 0 Å². The van der Waals surface area contributed by atoms with E-state index in [1.807, 2.05) is 25.1 Å². The Hall–Kier alpha value is -0.480. The summed E-state index contributed by atoms with van der Waals surface area (Å²) in [5.74, 6) is 1.95. The van der Waals surface area contributed by atoms with E-state index in [-0.39, 0.29) is 12.4 Å². The zero-order chi connectivity index (χ0) is 11.4. The molecule has 0 radical (unpaired) electrons. The van der Waals surface area contributed by atoms with E-state index >= 15 is 0 Å². The second-order valence-corrected chi connectivity index (χ2v) is 5.44. The second-order valence-electron chi connectivity index (χ2n) is 3.64. The van der Waals surface area contributed by atoms with Gasteiger partial charge in [0.1, 0.15) is 11.5 Å². The van der Waals surface area contributed by atoms with Crippen LogP contribution in [0.25, 0.3) is 0 Å². The third-order valence-electron chi connectivity index (χ3n) is 2.27. The van der Waals surface area contributed by atoms with Gasteiger partial charge in [-0.15, -0.1) is 23.7 Å². The monoisotopic (exact) mass is 291 g/mol. The lowest BCUT2D eigenvalue weighted by Gasteiger charge is -2.00. The molecular formula is C12H15Cl2NOS. The molecule has 0 saturated carbocycles. The zero-order valence-corrected chi connectivity index (χ0v) is 11.9. The lowest BCUT2D eigenvalue weighted by atomic mass is 10.3. The topological polar surface area (TPSA) is 25.2 Å². The highest BCUT2D eigenvalue weighted by Gasteiger charge is 1.99. The summed E-state index contributed by atoms with van der Waals surface area (Å²) in [6, 6.07) is 8.00. The largest absolute Gasteiger partial charge is 0.465 e. The van der Waals surface area contributed by atoms with Crippen molar-refractivity contribution in [3.05, 3.63) is 45.0 Å². The van der Waals surface area contributed by atoms with E-state index in [2.05, 4.69) is 11.4 Å². The fourth-order valence-electron chi connectivity index (χ4n) is 1.49. The quantitative estimate of drug-likeness (QED) is 0.841. The summed E-state index contributed by atoms with van der Waals surface area (Å²) in [5, 5.41) is 3.34. The minimum absolute atomic E-state index is 0. The van der Waals surface area contributed by atoms with Crippen molar-refractivity contribution in [2.45, 2.75) is 19.9 Å². The Bertz CT molecular complexity index is 411. The highest BCUT2D eigenvalue weighted by Crippen LogP contribution is 2.21. The summed E-state index contributed by atoms with van der Waals surface area (Å²) in [6.07, 6.45) is 1.01. The molecule has 0 spiro atoms. The molecule has 2 rings (SSSR count). The van der Waals surface area contributed by atoms with Gasteiger partial charge in [0.2, 0.25) is 0 Å². The molecule has 2 nitrogen and oxygen atoms in total. The van der Waals surface area contributed by atoms with Crippen LogP contribution in [-0.2, 0) is 13.0 Å². The fourth-order valence-corrected chi connectivity index (χ4v) is 2.58. The number of nitrogens with one attached hydrogen (secondary N) is 1. The van der Waals surface area contributed by atoms with Crippen LogP contribution in [0.4, 0.5) is 0 Å². The molecule has 2 aromatic rings. The summed E-state index contributed by atoms with van der Waals surface area (Å²) >= 11 is 7.50. The highest BCUT2D eigenvalue weighted by molar-refractivity contribution is 7.16. The van der Waals surface area contributed by atoms with Crippen molar-refractivity contribution in [3.63, 3.8) is 0 Å². The molecule has 2 heterocycles. The number of furan rings is 1. The molecule has 0 aliphatic rings. The molecule has 17 heavy (non-hydrogen) atoms. The summed E-state index contributed by atoms with van der Waals surface area (Å²) < 4.78 is 6.32.